The monoisotopic (exact) mass is 312 g/mol. The summed E-state index contributed by atoms with van der Waals surface area (Å²) in [6, 6.07) is 17.8. The van der Waals surface area contributed by atoms with Crippen LogP contribution in [0.4, 0.5) is 0 Å². The lowest BCUT2D eigenvalue weighted by Crippen LogP contribution is -2.49. The molecule has 2 aromatic rings. The number of nitrogens with two attached hydrogens (primary N) is 1. The van der Waals surface area contributed by atoms with Gasteiger partial charge in [0.1, 0.15) is 18.5 Å². The fourth-order valence-electron chi connectivity index (χ4n) is 2.13. The quantitative estimate of drug-likeness (QED) is 0.754. The first-order chi connectivity index (χ1) is 10.7. The van der Waals surface area contributed by atoms with Crippen molar-refractivity contribution in [3.8, 4) is 5.75 Å². The summed E-state index contributed by atoms with van der Waals surface area (Å²) in [6.07, 6.45) is -0.267. The lowest BCUT2D eigenvalue weighted by atomic mass is 10.1. The van der Waals surface area contributed by atoms with Crippen molar-refractivity contribution >= 4 is 23.3 Å². The van der Waals surface area contributed by atoms with Gasteiger partial charge in [0.2, 0.25) is 0 Å². The fourth-order valence-corrected chi connectivity index (χ4v) is 2.34. The van der Waals surface area contributed by atoms with Crippen molar-refractivity contribution in [3.05, 3.63) is 65.7 Å². The third kappa shape index (κ3) is 3.53. The van der Waals surface area contributed by atoms with E-state index in [0.717, 1.165) is 16.9 Å². The topological polar surface area (TPSA) is 71.7 Å². The van der Waals surface area contributed by atoms with Gasteiger partial charge in [-0.2, -0.15) is 0 Å². The van der Waals surface area contributed by atoms with Crippen LogP contribution in [0.5, 0.6) is 5.75 Å². The molecule has 0 fully saturated rings. The number of benzene rings is 2. The molecule has 0 spiro atoms. The predicted octanol–water partition coefficient (Wildman–Crippen LogP) is 2.06. The van der Waals surface area contributed by atoms with Crippen LogP contribution in [0.1, 0.15) is 17.3 Å². The van der Waals surface area contributed by atoms with Gasteiger partial charge in [0.25, 0.3) is 0 Å². The number of hydrogen-bond donors (Lipinski definition) is 3. The number of nitrogens with one attached hydrogen (secondary N) is 2. The van der Waals surface area contributed by atoms with Gasteiger partial charge in [-0.15, -0.1) is 0 Å². The van der Waals surface area contributed by atoms with Crippen molar-refractivity contribution in [2.75, 3.05) is 0 Å². The number of nitrogens with zero attached hydrogens (tertiary/aromatic N) is 1. The Balaban J connectivity index is 1.65. The molecule has 1 aliphatic heterocycles. The molecule has 0 saturated carbocycles. The van der Waals surface area contributed by atoms with Gasteiger partial charge in [0, 0.05) is 0 Å². The Morgan fingerprint density at radius 2 is 1.82 bits per heavy atom. The number of ether oxygens (including phenoxy) is 1. The van der Waals surface area contributed by atoms with Gasteiger partial charge in [0.05, 0.1) is 0 Å². The highest BCUT2D eigenvalue weighted by atomic mass is 32.1. The third-order valence-electron chi connectivity index (χ3n) is 3.22. The van der Waals surface area contributed by atoms with Gasteiger partial charge in [-0.25, -0.2) is 4.99 Å². The average molecular weight is 312 g/mol. The maximum atomic E-state index is 5.76. The molecule has 4 N–H and O–H groups in total. The van der Waals surface area contributed by atoms with Crippen LogP contribution in [0.25, 0.3) is 0 Å². The van der Waals surface area contributed by atoms with Gasteiger partial charge < -0.3 is 21.1 Å². The molecule has 1 unspecified atom stereocenters. The Morgan fingerprint density at radius 1 is 1.09 bits per heavy atom. The summed E-state index contributed by atoms with van der Waals surface area (Å²) in [5.74, 6) is 1.12. The fraction of sp³-hybridized carbons (Fsp3) is 0.125. The van der Waals surface area contributed by atoms with E-state index in [-0.39, 0.29) is 6.17 Å². The molecular formula is C16H16N4OS. The zero-order valence-electron chi connectivity index (χ0n) is 11.8. The normalized spacial score (nSPS) is 17.2. The largest absolute Gasteiger partial charge is 0.489 e. The average Bonchev–Trinajstić information content (AvgIpc) is 2.53. The van der Waals surface area contributed by atoms with E-state index >= 15 is 0 Å². The van der Waals surface area contributed by atoms with E-state index < -0.39 is 0 Å². The van der Waals surface area contributed by atoms with Crippen LogP contribution in [0, 0.1) is 0 Å². The van der Waals surface area contributed by atoms with E-state index in [9.17, 15) is 0 Å². The zero-order chi connectivity index (χ0) is 15.4. The van der Waals surface area contributed by atoms with E-state index in [1.54, 1.807) is 0 Å². The molecular weight excluding hydrogens is 296 g/mol. The first-order valence-corrected chi connectivity index (χ1v) is 7.29. The summed E-state index contributed by atoms with van der Waals surface area (Å²) < 4.78 is 5.76. The third-order valence-corrected chi connectivity index (χ3v) is 3.44. The first kappa shape index (κ1) is 14.3. The predicted molar refractivity (Wildman–Crippen MR) is 90.4 cm³/mol. The maximum absolute atomic E-state index is 5.76. The van der Waals surface area contributed by atoms with E-state index in [1.165, 1.54) is 0 Å². The number of hydrogen-bond acceptors (Lipinski definition) is 4. The first-order valence-electron chi connectivity index (χ1n) is 6.88. The van der Waals surface area contributed by atoms with Crippen LogP contribution in [0.3, 0.4) is 0 Å². The van der Waals surface area contributed by atoms with Crippen molar-refractivity contribution in [3.63, 3.8) is 0 Å². The molecule has 0 aromatic heterocycles. The molecule has 22 heavy (non-hydrogen) atoms. The highest BCUT2D eigenvalue weighted by molar-refractivity contribution is 7.80. The van der Waals surface area contributed by atoms with E-state index in [2.05, 4.69) is 15.6 Å². The number of aliphatic imine (C=N–C) groups is 1. The minimum Gasteiger partial charge on any atom is -0.489 e. The molecule has 112 valence electrons. The van der Waals surface area contributed by atoms with E-state index in [0.29, 0.717) is 17.7 Å². The molecule has 5 nitrogen and oxygen atoms in total. The molecule has 0 amide bonds. The van der Waals surface area contributed by atoms with Gasteiger partial charge in [-0.1, -0.05) is 42.5 Å². The molecule has 1 aliphatic rings. The van der Waals surface area contributed by atoms with Crippen LogP contribution in [-0.2, 0) is 6.61 Å². The Kier molecular flexibility index (Phi) is 4.20. The van der Waals surface area contributed by atoms with Crippen LogP contribution in [-0.4, -0.2) is 11.1 Å². The molecule has 1 heterocycles. The number of thiocarbonyl (C=S) groups is 1. The number of guanidine groups is 1. The molecule has 6 heteroatoms. The second-order valence-corrected chi connectivity index (χ2v) is 5.27. The Hall–Kier alpha value is -2.60. The van der Waals surface area contributed by atoms with Crippen LogP contribution in [0.15, 0.2) is 59.6 Å². The maximum Gasteiger partial charge on any atom is 0.197 e. The standard InChI is InChI=1S/C16H16N4OS/c17-15-18-14(19-16(22)20-15)12-6-8-13(9-7-12)21-10-11-4-2-1-3-5-11/h1-9,14H,10H2,(H4,17,18,19,20,22). The molecule has 1 atom stereocenters. The van der Waals surface area contributed by atoms with Crippen molar-refractivity contribution in [1.82, 2.24) is 10.6 Å². The number of rotatable bonds is 4. The van der Waals surface area contributed by atoms with E-state index in [1.807, 2.05) is 54.6 Å². The highest BCUT2D eigenvalue weighted by Crippen LogP contribution is 2.20. The minimum absolute atomic E-state index is 0.267. The highest BCUT2D eigenvalue weighted by Gasteiger charge is 2.17. The molecule has 3 rings (SSSR count). The smallest absolute Gasteiger partial charge is 0.197 e. The summed E-state index contributed by atoms with van der Waals surface area (Å²) in [6.45, 7) is 0.543. The van der Waals surface area contributed by atoms with Crippen molar-refractivity contribution in [1.29, 1.82) is 0 Å². The zero-order valence-corrected chi connectivity index (χ0v) is 12.6. The lowest BCUT2D eigenvalue weighted by Gasteiger charge is -2.23. The van der Waals surface area contributed by atoms with Crippen molar-refractivity contribution < 1.29 is 4.74 Å². The lowest BCUT2D eigenvalue weighted by molar-refractivity contribution is 0.306. The summed E-state index contributed by atoms with van der Waals surface area (Å²) in [5, 5.41) is 6.28. The Morgan fingerprint density at radius 3 is 2.50 bits per heavy atom. The van der Waals surface area contributed by atoms with Crippen LogP contribution < -0.4 is 21.1 Å². The summed E-state index contributed by atoms with van der Waals surface area (Å²) in [7, 11) is 0. The van der Waals surface area contributed by atoms with Crippen molar-refractivity contribution in [2.45, 2.75) is 12.8 Å². The minimum atomic E-state index is -0.267. The van der Waals surface area contributed by atoms with Gasteiger partial charge in [-0.05, 0) is 35.5 Å². The van der Waals surface area contributed by atoms with Gasteiger partial charge in [0.15, 0.2) is 11.1 Å². The second-order valence-electron chi connectivity index (χ2n) is 4.86. The SMILES string of the molecule is NC1=NC(c2ccc(OCc3ccccc3)cc2)NC(=S)N1. The Labute approximate surface area is 134 Å². The van der Waals surface area contributed by atoms with E-state index in [4.69, 9.17) is 22.7 Å². The molecule has 2 aromatic carbocycles. The molecule has 0 radical (unpaired) electrons. The van der Waals surface area contributed by atoms with Crippen LogP contribution >= 0.6 is 12.2 Å². The summed E-state index contributed by atoms with van der Waals surface area (Å²) >= 11 is 5.07. The Bertz CT molecular complexity index is 685. The summed E-state index contributed by atoms with van der Waals surface area (Å²) in [4.78, 5) is 4.27. The molecule has 0 saturated heterocycles. The van der Waals surface area contributed by atoms with Gasteiger partial charge in [-0.3, -0.25) is 0 Å². The molecule has 0 bridgehead atoms. The van der Waals surface area contributed by atoms with Crippen molar-refractivity contribution in [2.24, 2.45) is 10.7 Å². The second kappa shape index (κ2) is 6.44. The molecule has 0 aliphatic carbocycles. The van der Waals surface area contributed by atoms with Gasteiger partial charge >= 0.3 is 0 Å². The van der Waals surface area contributed by atoms with Crippen LogP contribution in [0.2, 0.25) is 0 Å². The summed E-state index contributed by atoms with van der Waals surface area (Å²) in [5.41, 5.74) is 7.79.